The average molecular weight is 331 g/mol. The first-order chi connectivity index (χ1) is 3.13. The van der Waals surface area contributed by atoms with E-state index in [9.17, 15) is 0 Å². The molecule has 7 heavy (non-hydrogen) atoms. The summed E-state index contributed by atoms with van der Waals surface area (Å²) in [6, 6.07) is 0. The predicted octanol–water partition coefficient (Wildman–Crippen LogP) is 1.04. The summed E-state index contributed by atoms with van der Waals surface area (Å²) < 4.78 is 8.20. The first kappa shape index (κ1) is 8.12. The maximum atomic E-state index is 4.68. The van der Waals surface area contributed by atoms with Gasteiger partial charge in [-0.3, -0.25) is 0 Å². The molecule has 0 aromatic rings. The van der Waals surface area contributed by atoms with E-state index in [0.29, 0.717) is 4.32 Å². The first-order valence-electron chi connectivity index (χ1n) is 1.80. The van der Waals surface area contributed by atoms with E-state index >= 15 is 0 Å². The molecular weight excluding hydrogens is 323 g/mol. The summed E-state index contributed by atoms with van der Waals surface area (Å²) >= 11 is 7.37. The Labute approximate surface area is 63.4 Å². The van der Waals surface area contributed by atoms with Crippen LogP contribution in [0.2, 0.25) is 9.26 Å². The van der Waals surface area contributed by atoms with Crippen molar-refractivity contribution in [3.63, 3.8) is 0 Å². The monoisotopic (exact) mass is 331 g/mol. The summed E-state index contributed by atoms with van der Waals surface area (Å²) in [7, 11) is 0. The van der Waals surface area contributed by atoms with Crippen LogP contribution >= 0.6 is 24.8 Å². The molecule has 0 saturated carbocycles. The Balaban J connectivity index is 3.13. The molecule has 4 heteroatoms. The minimum atomic E-state index is -1.21. The molecule has 0 atom stereocenters. The second-order valence-corrected chi connectivity index (χ2v) is 10.3. The Morgan fingerprint density at radius 2 is 2.14 bits per heavy atom. The number of thiol groups is 1. The van der Waals surface area contributed by atoms with Gasteiger partial charge in [0.05, 0.1) is 0 Å². The summed E-state index contributed by atoms with van der Waals surface area (Å²) in [5, 5.41) is 0. The number of hydrogen-bond acceptors (Lipinski definition) is 1. The van der Waals surface area contributed by atoms with Crippen LogP contribution in [0.4, 0.5) is 0 Å². The molecule has 0 aromatic carbocycles. The third-order valence-electron chi connectivity index (χ3n) is 0.319. The van der Waals surface area contributed by atoms with Crippen LogP contribution in [0.15, 0.2) is 0 Å². The molecule has 0 aliphatic heterocycles. The van der Waals surface area contributed by atoms with E-state index in [2.05, 4.69) is 37.4 Å². The van der Waals surface area contributed by atoms with Crippen molar-refractivity contribution in [2.45, 2.75) is 9.26 Å². The topological polar surface area (TPSA) is 12.0 Å². The molecule has 1 N–H and O–H groups in total. The van der Waals surface area contributed by atoms with Crippen molar-refractivity contribution in [1.29, 1.82) is 0 Å². The van der Waals surface area contributed by atoms with Gasteiger partial charge in [0.1, 0.15) is 0 Å². The van der Waals surface area contributed by atoms with Gasteiger partial charge in [-0.05, 0) is 0 Å². The van der Waals surface area contributed by atoms with Gasteiger partial charge in [-0.2, -0.15) is 0 Å². The van der Waals surface area contributed by atoms with E-state index in [1.807, 2.05) is 0 Å². The standard InChI is InChI=1S/CH3NS2.2CH3.Bi/c2-1(3)4;;;/h(H3,2,3,4);2*1H3;/q;;;+1/p-1. The predicted molar refractivity (Wildman–Crippen MR) is 42.2 cm³/mol. The Bertz CT molecular complexity index is 73.3. The number of thiocarbonyl (C=S) groups is 1. The van der Waals surface area contributed by atoms with Crippen LogP contribution in [-0.2, 0) is 0 Å². The van der Waals surface area contributed by atoms with Crippen molar-refractivity contribution in [3.8, 4) is 0 Å². The van der Waals surface area contributed by atoms with Gasteiger partial charge in [0.2, 0.25) is 0 Å². The van der Waals surface area contributed by atoms with Gasteiger partial charge in [0, 0.05) is 0 Å². The van der Waals surface area contributed by atoms with Crippen molar-refractivity contribution in [3.05, 3.63) is 0 Å². The second kappa shape index (κ2) is 4.05. The van der Waals surface area contributed by atoms with Crippen LogP contribution in [0.3, 0.4) is 0 Å². The fourth-order valence-electron chi connectivity index (χ4n) is 0.191. The molecule has 0 amide bonds. The second-order valence-electron chi connectivity index (χ2n) is 1.31. The van der Waals surface area contributed by atoms with E-state index in [0.717, 1.165) is 0 Å². The molecule has 0 spiro atoms. The molecule has 0 aliphatic carbocycles. The van der Waals surface area contributed by atoms with Crippen LogP contribution in [-0.4, -0.2) is 26.4 Å². The van der Waals surface area contributed by atoms with Crippen molar-refractivity contribution >= 4 is 51.2 Å². The summed E-state index contributed by atoms with van der Waals surface area (Å²) in [6.07, 6.45) is 0. The van der Waals surface area contributed by atoms with Gasteiger partial charge in [-0.25, -0.2) is 0 Å². The molecule has 0 rings (SSSR count). The zero-order valence-corrected chi connectivity index (χ0v) is 9.49. The molecular formula is C3H8BiNS2. The zero-order valence-electron chi connectivity index (χ0n) is 4.30. The van der Waals surface area contributed by atoms with Gasteiger partial charge >= 0.3 is 63.7 Å². The normalized spacial score (nSPS) is 9.14. The molecule has 0 saturated heterocycles. The molecule has 0 fully saturated rings. The zero-order chi connectivity index (χ0) is 5.86. The average Bonchev–Trinajstić information content (AvgIpc) is 1.27. The number of rotatable bonds is 1. The fraction of sp³-hybridized carbons (Fsp3) is 0.667. The van der Waals surface area contributed by atoms with Crippen molar-refractivity contribution < 1.29 is 0 Å². The quantitative estimate of drug-likeness (QED) is 0.423. The SMILES string of the molecule is [CH3][Bi]([CH3])[NH]C(=S)S. The maximum absolute atomic E-state index is 4.68. The third kappa shape index (κ3) is 7.12. The molecule has 0 unspecified atom stereocenters. The van der Waals surface area contributed by atoms with E-state index in [4.69, 9.17) is 0 Å². The van der Waals surface area contributed by atoms with Crippen LogP contribution < -0.4 is 3.26 Å². The van der Waals surface area contributed by atoms with Crippen molar-refractivity contribution in [2.24, 2.45) is 0 Å². The summed E-state index contributed by atoms with van der Waals surface area (Å²) in [5.74, 6) is 0. The van der Waals surface area contributed by atoms with E-state index in [-0.39, 0.29) is 0 Å². The molecule has 0 radical (unpaired) electrons. The third-order valence-corrected chi connectivity index (χ3v) is 4.48. The van der Waals surface area contributed by atoms with E-state index < -0.39 is 22.0 Å². The Kier molecular flexibility index (Phi) is 4.70. The molecule has 42 valence electrons. The van der Waals surface area contributed by atoms with E-state index in [1.165, 1.54) is 0 Å². The van der Waals surface area contributed by atoms with E-state index in [1.54, 1.807) is 0 Å². The fourth-order valence-corrected chi connectivity index (χ4v) is 5.04. The Morgan fingerprint density at radius 3 is 2.14 bits per heavy atom. The van der Waals surface area contributed by atoms with Gasteiger partial charge in [0.15, 0.2) is 0 Å². The summed E-state index contributed by atoms with van der Waals surface area (Å²) in [5.41, 5.74) is 0. The van der Waals surface area contributed by atoms with Crippen molar-refractivity contribution in [2.75, 3.05) is 0 Å². The Morgan fingerprint density at radius 1 is 1.71 bits per heavy atom. The molecule has 0 heterocycles. The molecule has 0 aliphatic rings. The van der Waals surface area contributed by atoms with Gasteiger partial charge in [-0.1, -0.05) is 0 Å². The molecule has 1 nitrogen and oxygen atoms in total. The number of hydrogen-bond donors (Lipinski definition) is 2. The summed E-state index contributed by atoms with van der Waals surface area (Å²) in [4.78, 5) is 0. The summed E-state index contributed by atoms with van der Waals surface area (Å²) in [6.45, 7) is 0. The minimum absolute atomic E-state index is 0.655. The number of nitrogens with one attached hydrogen (secondary N) is 1. The van der Waals surface area contributed by atoms with Crippen LogP contribution in [0.1, 0.15) is 0 Å². The van der Waals surface area contributed by atoms with Crippen LogP contribution in [0, 0.1) is 0 Å². The van der Waals surface area contributed by atoms with Gasteiger partial charge in [0.25, 0.3) is 0 Å². The first-order valence-corrected chi connectivity index (χ1v) is 11.3. The van der Waals surface area contributed by atoms with Gasteiger partial charge in [-0.15, -0.1) is 0 Å². The van der Waals surface area contributed by atoms with Crippen LogP contribution in [0.5, 0.6) is 0 Å². The van der Waals surface area contributed by atoms with Crippen LogP contribution in [0.25, 0.3) is 0 Å². The van der Waals surface area contributed by atoms with Crippen molar-refractivity contribution in [1.82, 2.24) is 3.26 Å². The Hall–Kier alpha value is 1.12. The molecule has 0 aromatic heterocycles. The van der Waals surface area contributed by atoms with Gasteiger partial charge < -0.3 is 0 Å². The molecule has 0 bridgehead atoms.